The summed E-state index contributed by atoms with van der Waals surface area (Å²) in [6.07, 6.45) is -0.307. The highest BCUT2D eigenvalue weighted by Crippen LogP contribution is 2.34. The van der Waals surface area contributed by atoms with Gasteiger partial charge in [0.15, 0.2) is 0 Å². The highest BCUT2D eigenvalue weighted by Gasteiger charge is 2.35. The molecular formula is C20H20N4O3. The van der Waals surface area contributed by atoms with Crippen molar-refractivity contribution in [3.05, 3.63) is 65.2 Å². The van der Waals surface area contributed by atoms with Crippen LogP contribution in [0.2, 0.25) is 0 Å². The summed E-state index contributed by atoms with van der Waals surface area (Å²) in [5.41, 5.74) is 9.05. The van der Waals surface area contributed by atoms with E-state index in [1.165, 1.54) is 0 Å². The van der Waals surface area contributed by atoms with Crippen LogP contribution >= 0.6 is 0 Å². The van der Waals surface area contributed by atoms with Gasteiger partial charge >= 0.3 is 6.01 Å². The predicted molar refractivity (Wildman–Crippen MR) is 99.9 cm³/mol. The Bertz CT molecular complexity index is 970. The lowest BCUT2D eigenvalue weighted by Gasteiger charge is -2.16. The molecule has 0 radical (unpaired) electrons. The monoisotopic (exact) mass is 364 g/mol. The number of aliphatic hydroxyl groups excluding tert-OH is 1. The second kappa shape index (κ2) is 6.85. The summed E-state index contributed by atoms with van der Waals surface area (Å²) >= 11 is 0. The SMILES string of the molecule is CN(Cc1ccc2c(c1)[C@@H](C(N)=O)[C@H](O)C2)c1nnc(-c2ccccc2)o1. The molecule has 1 aliphatic rings. The highest BCUT2D eigenvalue weighted by atomic mass is 16.4. The Labute approximate surface area is 156 Å². The number of amides is 1. The van der Waals surface area contributed by atoms with Crippen LogP contribution in [-0.2, 0) is 17.8 Å². The Morgan fingerprint density at radius 3 is 2.78 bits per heavy atom. The minimum atomic E-state index is -0.755. The van der Waals surface area contributed by atoms with Gasteiger partial charge in [-0.2, -0.15) is 0 Å². The van der Waals surface area contributed by atoms with Gasteiger partial charge in [-0.3, -0.25) is 4.79 Å². The first-order valence-corrected chi connectivity index (χ1v) is 8.72. The van der Waals surface area contributed by atoms with Crippen molar-refractivity contribution in [3.63, 3.8) is 0 Å². The van der Waals surface area contributed by atoms with Crippen LogP contribution in [0.3, 0.4) is 0 Å². The number of anilines is 1. The number of nitrogens with two attached hydrogens (primary N) is 1. The number of benzene rings is 2. The molecule has 4 rings (SSSR count). The van der Waals surface area contributed by atoms with Crippen molar-refractivity contribution in [1.82, 2.24) is 10.2 Å². The van der Waals surface area contributed by atoms with E-state index in [4.69, 9.17) is 10.2 Å². The van der Waals surface area contributed by atoms with Gasteiger partial charge in [-0.05, 0) is 35.2 Å². The van der Waals surface area contributed by atoms with Gasteiger partial charge < -0.3 is 20.2 Å². The quantitative estimate of drug-likeness (QED) is 0.716. The number of hydrogen-bond acceptors (Lipinski definition) is 6. The first kappa shape index (κ1) is 17.2. The van der Waals surface area contributed by atoms with Gasteiger partial charge in [-0.15, -0.1) is 5.10 Å². The summed E-state index contributed by atoms with van der Waals surface area (Å²) in [5, 5.41) is 18.3. The summed E-state index contributed by atoms with van der Waals surface area (Å²) in [6, 6.07) is 15.8. The highest BCUT2D eigenvalue weighted by molar-refractivity contribution is 5.84. The molecule has 0 bridgehead atoms. The van der Waals surface area contributed by atoms with Gasteiger partial charge in [0, 0.05) is 19.2 Å². The molecule has 7 nitrogen and oxygen atoms in total. The zero-order chi connectivity index (χ0) is 19.0. The van der Waals surface area contributed by atoms with E-state index < -0.39 is 17.9 Å². The molecule has 0 unspecified atom stereocenters. The molecule has 0 saturated heterocycles. The second-order valence-electron chi connectivity index (χ2n) is 6.80. The molecule has 1 heterocycles. The smallest absolute Gasteiger partial charge is 0.318 e. The Kier molecular flexibility index (Phi) is 4.37. The third-order valence-corrected chi connectivity index (χ3v) is 4.85. The Hall–Kier alpha value is -3.19. The fraction of sp³-hybridized carbons (Fsp3) is 0.250. The van der Waals surface area contributed by atoms with Gasteiger partial charge in [0.05, 0.1) is 12.0 Å². The maximum atomic E-state index is 11.7. The van der Waals surface area contributed by atoms with Crippen LogP contribution in [0.15, 0.2) is 52.9 Å². The van der Waals surface area contributed by atoms with Crippen molar-refractivity contribution >= 4 is 11.9 Å². The normalized spacial score (nSPS) is 18.3. The molecule has 138 valence electrons. The van der Waals surface area contributed by atoms with E-state index in [-0.39, 0.29) is 0 Å². The van der Waals surface area contributed by atoms with Gasteiger partial charge in [0.1, 0.15) is 0 Å². The van der Waals surface area contributed by atoms with Crippen LogP contribution in [0, 0.1) is 0 Å². The molecule has 1 aliphatic carbocycles. The van der Waals surface area contributed by atoms with Gasteiger partial charge in [-0.1, -0.05) is 41.5 Å². The Morgan fingerprint density at radius 2 is 2.04 bits per heavy atom. The Morgan fingerprint density at radius 1 is 1.26 bits per heavy atom. The number of fused-ring (bicyclic) bond motifs is 1. The molecule has 2 atom stereocenters. The third-order valence-electron chi connectivity index (χ3n) is 4.85. The average Bonchev–Trinajstić information content (AvgIpc) is 3.26. The van der Waals surface area contributed by atoms with E-state index in [1.54, 1.807) is 0 Å². The Balaban J connectivity index is 1.54. The summed E-state index contributed by atoms with van der Waals surface area (Å²) in [6.45, 7) is 0.519. The largest absolute Gasteiger partial charge is 0.403 e. The number of carbonyl (C=O) groups is 1. The molecule has 3 N–H and O–H groups in total. The fourth-order valence-electron chi connectivity index (χ4n) is 3.52. The van der Waals surface area contributed by atoms with E-state index in [9.17, 15) is 9.90 Å². The lowest BCUT2D eigenvalue weighted by molar-refractivity contribution is -0.121. The van der Waals surface area contributed by atoms with E-state index in [2.05, 4.69) is 10.2 Å². The van der Waals surface area contributed by atoms with E-state index in [0.717, 1.165) is 22.3 Å². The third kappa shape index (κ3) is 3.29. The van der Waals surface area contributed by atoms with Crippen LogP contribution in [0.1, 0.15) is 22.6 Å². The molecule has 0 saturated carbocycles. The van der Waals surface area contributed by atoms with Crippen molar-refractivity contribution in [2.75, 3.05) is 11.9 Å². The minimum absolute atomic E-state index is 0.404. The van der Waals surface area contributed by atoms with E-state index >= 15 is 0 Å². The fourth-order valence-corrected chi connectivity index (χ4v) is 3.52. The summed E-state index contributed by atoms with van der Waals surface area (Å²) in [7, 11) is 1.86. The number of aliphatic hydroxyl groups is 1. The van der Waals surface area contributed by atoms with Crippen molar-refractivity contribution < 1.29 is 14.3 Å². The number of hydrogen-bond donors (Lipinski definition) is 2. The number of rotatable bonds is 5. The molecular weight excluding hydrogens is 344 g/mol. The maximum absolute atomic E-state index is 11.7. The second-order valence-corrected chi connectivity index (χ2v) is 6.80. The first-order valence-electron chi connectivity index (χ1n) is 8.72. The molecule has 0 spiro atoms. The van der Waals surface area contributed by atoms with E-state index in [1.807, 2.05) is 60.5 Å². The molecule has 27 heavy (non-hydrogen) atoms. The zero-order valence-electron chi connectivity index (χ0n) is 14.9. The van der Waals surface area contributed by atoms with Crippen LogP contribution in [-0.4, -0.2) is 34.4 Å². The van der Waals surface area contributed by atoms with E-state index in [0.29, 0.717) is 24.9 Å². The first-order chi connectivity index (χ1) is 13.0. The standard InChI is InChI=1S/C20H20N4O3/c1-24(20-23-22-19(27-20)13-5-3-2-4-6-13)11-12-7-8-14-10-16(25)17(18(21)26)15(14)9-12/h2-9,16-17,25H,10-11H2,1H3,(H2,21,26)/t16-,17-/m1/s1. The number of nitrogens with zero attached hydrogens (tertiary/aromatic N) is 3. The van der Waals surface area contributed by atoms with Gasteiger partial charge in [-0.25, -0.2) is 0 Å². The van der Waals surface area contributed by atoms with Gasteiger partial charge in [0.25, 0.3) is 0 Å². The van der Waals surface area contributed by atoms with Crippen LogP contribution < -0.4 is 10.6 Å². The predicted octanol–water partition coefficient (Wildman–Crippen LogP) is 1.86. The van der Waals surface area contributed by atoms with Crippen molar-refractivity contribution in [2.45, 2.75) is 25.0 Å². The lowest BCUT2D eigenvalue weighted by atomic mass is 9.97. The maximum Gasteiger partial charge on any atom is 0.318 e. The molecule has 3 aromatic rings. The van der Waals surface area contributed by atoms with Crippen LogP contribution in [0.25, 0.3) is 11.5 Å². The molecule has 2 aromatic carbocycles. The molecule has 0 fully saturated rings. The number of aromatic nitrogens is 2. The average molecular weight is 364 g/mol. The van der Waals surface area contributed by atoms with Crippen LogP contribution in [0.4, 0.5) is 6.01 Å². The minimum Gasteiger partial charge on any atom is -0.403 e. The van der Waals surface area contributed by atoms with Crippen molar-refractivity contribution in [3.8, 4) is 11.5 Å². The summed E-state index contributed by atoms with van der Waals surface area (Å²) in [5.74, 6) is -0.696. The number of primary amides is 1. The summed E-state index contributed by atoms with van der Waals surface area (Å²) < 4.78 is 5.76. The van der Waals surface area contributed by atoms with Crippen molar-refractivity contribution in [2.24, 2.45) is 5.73 Å². The molecule has 1 aromatic heterocycles. The van der Waals surface area contributed by atoms with Crippen molar-refractivity contribution in [1.29, 1.82) is 0 Å². The van der Waals surface area contributed by atoms with Crippen LogP contribution in [0.5, 0.6) is 0 Å². The topological polar surface area (TPSA) is 105 Å². The van der Waals surface area contributed by atoms with Gasteiger partial charge in [0.2, 0.25) is 11.8 Å². The summed E-state index contributed by atoms with van der Waals surface area (Å²) in [4.78, 5) is 13.5. The molecule has 1 amide bonds. The number of carbonyl (C=O) groups excluding carboxylic acids is 1. The zero-order valence-corrected chi connectivity index (χ0v) is 14.9. The molecule has 0 aliphatic heterocycles. The molecule has 7 heteroatoms. The lowest BCUT2D eigenvalue weighted by Crippen LogP contribution is -2.28.